The summed E-state index contributed by atoms with van der Waals surface area (Å²) < 4.78 is 1.64. The zero-order valence-electron chi connectivity index (χ0n) is 12.1. The zero-order valence-corrected chi connectivity index (χ0v) is 12.1. The molecule has 0 bridgehead atoms. The second kappa shape index (κ2) is 5.75. The van der Waals surface area contributed by atoms with E-state index in [0.717, 1.165) is 17.9 Å². The van der Waals surface area contributed by atoms with E-state index in [1.807, 2.05) is 24.3 Å². The molecule has 0 spiro atoms. The van der Waals surface area contributed by atoms with Crippen molar-refractivity contribution in [3.8, 4) is 5.69 Å². The van der Waals surface area contributed by atoms with Crippen molar-refractivity contribution in [2.75, 3.05) is 5.32 Å². The number of aryl methyl sites for hydroxylation is 2. The standard InChI is InChI=1S/C16H17N5/c1-12-5-3-6-13(2)16(12)10-17-14-7-4-8-15(9-14)21-11-18-19-20-21/h3-9,11,17H,10H2,1-2H3. The molecule has 3 aromatic rings. The molecule has 0 atom stereocenters. The smallest absolute Gasteiger partial charge is 0.143 e. The van der Waals surface area contributed by atoms with Crippen LogP contribution in [-0.4, -0.2) is 20.2 Å². The van der Waals surface area contributed by atoms with Crippen LogP contribution in [0.25, 0.3) is 5.69 Å². The molecule has 0 aliphatic heterocycles. The van der Waals surface area contributed by atoms with Gasteiger partial charge in [-0.3, -0.25) is 0 Å². The van der Waals surface area contributed by atoms with Gasteiger partial charge >= 0.3 is 0 Å². The predicted octanol–water partition coefficient (Wildman–Crippen LogP) is 2.89. The van der Waals surface area contributed by atoms with Crippen LogP contribution in [0.2, 0.25) is 0 Å². The number of aromatic nitrogens is 4. The molecule has 0 radical (unpaired) electrons. The summed E-state index contributed by atoms with van der Waals surface area (Å²) in [6.07, 6.45) is 1.59. The first-order valence-electron chi connectivity index (χ1n) is 6.86. The van der Waals surface area contributed by atoms with Gasteiger partial charge in [0, 0.05) is 12.2 Å². The maximum atomic E-state index is 3.90. The molecule has 0 aliphatic carbocycles. The van der Waals surface area contributed by atoms with Crippen molar-refractivity contribution in [1.82, 2.24) is 20.2 Å². The highest BCUT2D eigenvalue weighted by molar-refractivity contribution is 5.51. The molecule has 1 aromatic heterocycles. The fourth-order valence-electron chi connectivity index (χ4n) is 2.36. The molecular formula is C16H17N5. The summed E-state index contributed by atoms with van der Waals surface area (Å²) >= 11 is 0. The number of nitrogens with one attached hydrogen (secondary N) is 1. The molecule has 0 unspecified atom stereocenters. The molecule has 0 saturated carbocycles. The molecule has 5 heteroatoms. The number of anilines is 1. The van der Waals surface area contributed by atoms with Crippen molar-refractivity contribution in [2.24, 2.45) is 0 Å². The van der Waals surface area contributed by atoms with E-state index in [0.29, 0.717) is 0 Å². The van der Waals surface area contributed by atoms with E-state index in [4.69, 9.17) is 0 Å². The van der Waals surface area contributed by atoms with Gasteiger partial charge in [-0.25, -0.2) is 4.68 Å². The Morgan fingerprint density at radius 2 is 1.81 bits per heavy atom. The minimum absolute atomic E-state index is 0.803. The second-order valence-corrected chi connectivity index (χ2v) is 5.03. The van der Waals surface area contributed by atoms with Crippen LogP contribution in [-0.2, 0) is 6.54 Å². The third-order valence-corrected chi connectivity index (χ3v) is 3.57. The van der Waals surface area contributed by atoms with E-state index in [1.54, 1.807) is 11.0 Å². The zero-order chi connectivity index (χ0) is 14.7. The van der Waals surface area contributed by atoms with Crippen LogP contribution in [0.15, 0.2) is 48.8 Å². The van der Waals surface area contributed by atoms with Gasteiger partial charge in [-0.2, -0.15) is 0 Å². The topological polar surface area (TPSA) is 55.6 Å². The van der Waals surface area contributed by atoms with Gasteiger partial charge < -0.3 is 5.32 Å². The summed E-state index contributed by atoms with van der Waals surface area (Å²) in [5.74, 6) is 0. The van der Waals surface area contributed by atoms with Crippen molar-refractivity contribution in [3.05, 3.63) is 65.5 Å². The van der Waals surface area contributed by atoms with Crippen molar-refractivity contribution in [2.45, 2.75) is 20.4 Å². The maximum Gasteiger partial charge on any atom is 0.143 e. The summed E-state index contributed by atoms with van der Waals surface area (Å²) in [6, 6.07) is 14.4. The summed E-state index contributed by atoms with van der Waals surface area (Å²) in [7, 11) is 0. The van der Waals surface area contributed by atoms with Crippen LogP contribution in [0.3, 0.4) is 0 Å². The van der Waals surface area contributed by atoms with Crippen LogP contribution in [0.4, 0.5) is 5.69 Å². The molecule has 5 nitrogen and oxygen atoms in total. The lowest BCUT2D eigenvalue weighted by Crippen LogP contribution is -2.04. The van der Waals surface area contributed by atoms with Crippen LogP contribution in [0.5, 0.6) is 0 Å². The lowest BCUT2D eigenvalue weighted by Gasteiger charge is -2.12. The first-order valence-corrected chi connectivity index (χ1v) is 6.86. The van der Waals surface area contributed by atoms with Crippen LogP contribution in [0, 0.1) is 13.8 Å². The minimum atomic E-state index is 0.803. The van der Waals surface area contributed by atoms with Gasteiger partial charge in [-0.05, 0) is 59.2 Å². The highest BCUT2D eigenvalue weighted by Crippen LogP contribution is 2.17. The Bertz CT molecular complexity index is 714. The number of hydrogen-bond acceptors (Lipinski definition) is 4. The number of rotatable bonds is 4. The Morgan fingerprint density at radius 3 is 2.52 bits per heavy atom. The molecule has 0 saturated heterocycles. The van der Waals surface area contributed by atoms with Gasteiger partial charge in [0.15, 0.2) is 0 Å². The van der Waals surface area contributed by atoms with Gasteiger partial charge in [0.2, 0.25) is 0 Å². The Morgan fingerprint density at radius 1 is 1.05 bits per heavy atom. The fourth-order valence-corrected chi connectivity index (χ4v) is 2.36. The lowest BCUT2D eigenvalue weighted by molar-refractivity contribution is 0.789. The van der Waals surface area contributed by atoms with Gasteiger partial charge in [-0.1, -0.05) is 24.3 Å². The van der Waals surface area contributed by atoms with E-state index < -0.39 is 0 Å². The van der Waals surface area contributed by atoms with Gasteiger partial charge in [0.25, 0.3) is 0 Å². The number of tetrazole rings is 1. The molecule has 0 amide bonds. The number of hydrogen-bond donors (Lipinski definition) is 1. The highest BCUT2D eigenvalue weighted by atomic mass is 15.5. The third kappa shape index (κ3) is 2.91. The van der Waals surface area contributed by atoms with Gasteiger partial charge in [0.05, 0.1) is 5.69 Å². The maximum absolute atomic E-state index is 3.90. The average molecular weight is 279 g/mol. The Labute approximate surface area is 123 Å². The average Bonchev–Trinajstić information content (AvgIpc) is 3.01. The van der Waals surface area contributed by atoms with Crippen LogP contribution < -0.4 is 5.32 Å². The third-order valence-electron chi connectivity index (χ3n) is 3.57. The molecule has 0 aliphatic rings. The Kier molecular flexibility index (Phi) is 3.64. The molecular weight excluding hydrogens is 262 g/mol. The number of nitrogens with zero attached hydrogens (tertiary/aromatic N) is 4. The molecule has 2 aromatic carbocycles. The normalized spacial score (nSPS) is 10.6. The van der Waals surface area contributed by atoms with Crippen LogP contribution in [0.1, 0.15) is 16.7 Å². The van der Waals surface area contributed by atoms with E-state index in [2.05, 4.69) is 52.9 Å². The SMILES string of the molecule is Cc1cccc(C)c1CNc1cccc(-n2cnnn2)c1. The van der Waals surface area contributed by atoms with Gasteiger partial charge in [0.1, 0.15) is 6.33 Å². The summed E-state index contributed by atoms with van der Waals surface area (Å²) in [5.41, 5.74) is 5.93. The Balaban J connectivity index is 1.78. The van der Waals surface area contributed by atoms with Crippen molar-refractivity contribution < 1.29 is 0 Å². The first-order chi connectivity index (χ1) is 10.2. The lowest BCUT2D eigenvalue weighted by atomic mass is 10.0. The van der Waals surface area contributed by atoms with Crippen molar-refractivity contribution in [3.63, 3.8) is 0 Å². The predicted molar refractivity (Wildman–Crippen MR) is 82.4 cm³/mol. The molecule has 106 valence electrons. The summed E-state index contributed by atoms with van der Waals surface area (Å²) in [6.45, 7) is 5.08. The minimum Gasteiger partial charge on any atom is -0.381 e. The highest BCUT2D eigenvalue weighted by Gasteiger charge is 2.03. The molecule has 1 heterocycles. The van der Waals surface area contributed by atoms with E-state index in [-0.39, 0.29) is 0 Å². The fraction of sp³-hybridized carbons (Fsp3) is 0.188. The second-order valence-electron chi connectivity index (χ2n) is 5.03. The monoisotopic (exact) mass is 279 g/mol. The van der Waals surface area contributed by atoms with E-state index >= 15 is 0 Å². The van der Waals surface area contributed by atoms with Crippen molar-refractivity contribution >= 4 is 5.69 Å². The molecule has 3 rings (SSSR count). The summed E-state index contributed by atoms with van der Waals surface area (Å²) in [5, 5.41) is 14.7. The van der Waals surface area contributed by atoms with Gasteiger partial charge in [-0.15, -0.1) is 5.10 Å². The number of benzene rings is 2. The summed E-state index contributed by atoms with van der Waals surface area (Å²) in [4.78, 5) is 0. The Hall–Kier alpha value is -2.69. The van der Waals surface area contributed by atoms with E-state index in [1.165, 1.54) is 16.7 Å². The quantitative estimate of drug-likeness (QED) is 0.798. The van der Waals surface area contributed by atoms with E-state index in [9.17, 15) is 0 Å². The first kappa shape index (κ1) is 13.3. The molecule has 0 fully saturated rings. The molecule has 1 N–H and O–H groups in total. The van der Waals surface area contributed by atoms with Crippen molar-refractivity contribution in [1.29, 1.82) is 0 Å². The van der Waals surface area contributed by atoms with Crippen LogP contribution >= 0.6 is 0 Å². The largest absolute Gasteiger partial charge is 0.381 e. The molecule has 21 heavy (non-hydrogen) atoms.